The molecule has 4 heteroatoms. The molecule has 2 heterocycles. The molecule has 2 aromatic rings. The third-order valence-corrected chi connectivity index (χ3v) is 3.36. The van der Waals surface area contributed by atoms with Gasteiger partial charge in [0.1, 0.15) is 11.6 Å². The summed E-state index contributed by atoms with van der Waals surface area (Å²) >= 11 is 1.74. The van der Waals surface area contributed by atoms with Crippen LogP contribution in [-0.4, -0.2) is 16.5 Å². The second-order valence-corrected chi connectivity index (χ2v) is 6.10. The predicted molar refractivity (Wildman–Crippen MR) is 77.2 cm³/mol. The van der Waals surface area contributed by atoms with E-state index in [1.807, 2.05) is 12.3 Å². The van der Waals surface area contributed by atoms with Gasteiger partial charge in [-0.3, -0.25) is 0 Å². The molecular weight excluding hydrogens is 242 g/mol. The van der Waals surface area contributed by atoms with Crippen LogP contribution in [0.3, 0.4) is 0 Å². The molecule has 96 valence electrons. The molecule has 0 saturated heterocycles. The first kappa shape index (κ1) is 13.0. The van der Waals surface area contributed by atoms with Crippen molar-refractivity contribution in [2.45, 2.75) is 32.6 Å². The Labute approximate surface area is 112 Å². The van der Waals surface area contributed by atoms with Crippen LogP contribution in [0.5, 0.6) is 0 Å². The number of hydrogen-bond donors (Lipinski definition) is 1. The SMILES string of the molecule is CC(C)(C)c1nccc(NCCc2ccsc2)n1. The molecule has 0 bridgehead atoms. The van der Waals surface area contributed by atoms with E-state index in [9.17, 15) is 0 Å². The minimum absolute atomic E-state index is 0.00888. The highest BCUT2D eigenvalue weighted by Crippen LogP contribution is 2.18. The predicted octanol–water partition coefficient (Wildman–Crippen LogP) is 3.49. The molecule has 1 N–H and O–H groups in total. The van der Waals surface area contributed by atoms with E-state index in [1.54, 1.807) is 11.3 Å². The van der Waals surface area contributed by atoms with Crippen molar-refractivity contribution < 1.29 is 0 Å². The lowest BCUT2D eigenvalue weighted by Gasteiger charge is -2.17. The summed E-state index contributed by atoms with van der Waals surface area (Å²) in [7, 11) is 0. The molecule has 0 fully saturated rings. The maximum absolute atomic E-state index is 4.54. The van der Waals surface area contributed by atoms with Gasteiger partial charge in [-0.15, -0.1) is 0 Å². The van der Waals surface area contributed by atoms with Gasteiger partial charge in [0, 0.05) is 18.2 Å². The lowest BCUT2D eigenvalue weighted by molar-refractivity contribution is 0.546. The zero-order valence-corrected chi connectivity index (χ0v) is 11.9. The standard InChI is InChI=1S/C14H19N3S/c1-14(2,3)13-16-8-5-12(17-13)15-7-4-11-6-9-18-10-11/h5-6,8-10H,4,7H2,1-3H3,(H,15,16,17). The number of anilines is 1. The maximum atomic E-state index is 4.54. The Morgan fingerprint density at radius 3 is 2.78 bits per heavy atom. The molecule has 0 radical (unpaired) electrons. The molecule has 0 amide bonds. The van der Waals surface area contributed by atoms with Gasteiger partial charge in [0.05, 0.1) is 0 Å². The molecule has 0 aliphatic carbocycles. The number of rotatable bonds is 4. The molecule has 3 nitrogen and oxygen atoms in total. The van der Waals surface area contributed by atoms with E-state index in [2.05, 4.69) is 52.9 Å². The van der Waals surface area contributed by atoms with Crippen LogP contribution < -0.4 is 5.32 Å². The number of aromatic nitrogens is 2. The highest BCUT2D eigenvalue weighted by Gasteiger charge is 2.17. The van der Waals surface area contributed by atoms with Crippen molar-refractivity contribution in [3.05, 3.63) is 40.5 Å². The lowest BCUT2D eigenvalue weighted by Crippen LogP contribution is -2.17. The molecule has 0 aromatic carbocycles. The van der Waals surface area contributed by atoms with E-state index in [0.29, 0.717) is 0 Å². The Kier molecular flexibility index (Phi) is 3.97. The molecule has 0 spiro atoms. The first-order chi connectivity index (χ1) is 8.55. The molecule has 0 saturated carbocycles. The van der Waals surface area contributed by atoms with E-state index in [-0.39, 0.29) is 5.41 Å². The van der Waals surface area contributed by atoms with Crippen molar-refractivity contribution in [1.29, 1.82) is 0 Å². The molecule has 2 aromatic heterocycles. The number of hydrogen-bond acceptors (Lipinski definition) is 4. The van der Waals surface area contributed by atoms with Crippen LogP contribution in [0, 0.1) is 0 Å². The summed E-state index contributed by atoms with van der Waals surface area (Å²) in [5.41, 5.74) is 1.36. The maximum Gasteiger partial charge on any atom is 0.135 e. The Bertz CT molecular complexity index is 486. The second kappa shape index (κ2) is 5.48. The van der Waals surface area contributed by atoms with Gasteiger partial charge in [-0.2, -0.15) is 11.3 Å². The zero-order valence-electron chi connectivity index (χ0n) is 11.1. The fraction of sp³-hybridized carbons (Fsp3) is 0.429. The van der Waals surface area contributed by atoms with Crippen LogP contribution in [0.4, 0.5) is 5.82 Å². The Hall–Kier alpha value is -1.42. The fourth-order valence-corrected chi connectivity index (χ4v) is 2.29. The zero-order chi connectivity index (χ0) is 13.0. The Morgan fingerprint density at radius 2 is 2.11 bits per heavy atom. The molecule has 0 atom stereocenters. The van der Waals surface area contributed by atoms with Gasteiger partial charge in [-0.05, 0) is 34.9 Å². The van der Waals surface area contributed by atoms with E-state index in [1.165, 1.54) is 5.56 Å². The van der Waals surface area contributed by atoms with Crippen LogP contribution in [0.15, 0.2) is 29.1 Å². The Balaban J connectivity index is 1.93. The van der Waals surface area contributed by atoms with Gasteiger partial charge >= 0.3 is 0 Å². The van der Waals surface area contributed by atoms with E-state index < -0.39 is 0 Å². The largest absolute Gasteiger partial charge is 0.370 e. The van der Waals surface area contributed by atoms with Crippen LogP contribution in [0.25, 0.3) is 0 Å². The molecule has 0 aliphatic rings. The van der Waals surface area contributed by atoms with Crippen molar-refractivity contribution in [2.75, 3.05) is 11.9 Å². The van der Waals surface area contributed by atoms with Gasteiger partial charge in [-0.25, -0.2) is 9.97 Å². The third kappa shape index (κ3) is 3.53. The minimum Gasteiger partial charge on any atom is -0.370 e. The number of thiophene rings is 1. The van der Waals surface area contributed by atoms with Gasteiger partial charge in [-0.1, -0.05) is 20.8 Å². The van der Waals surface area contributed by atoms with Crippen LogP contribution in [0.2, 0.25) is 0 Å². The second-order valence-electron chi connectivity index (χ2n) is 5.32. The van der Waals surface area contributed by atoms with Crippen molar-refractivity contribution in [3.8, 4) is 0 Å². The van der Waals surface area contributed by atoms with Crippen molar-refractivity contribution in [1.82, 2.24) is 9.97 Å². The lowest BCUT2D eigenvalue weighted by atomic mass is 9.96. The topological polar surface area (TPSA) is 37.8 Å². The normalized spacial score (nSPS) is 11.5. The summed E-state index contributed by atoms with van der Waals surface area (Å²) in [6.07, 6.45) is 2.85. The highest BCUT2D eigenvalue weighted by molar-refractivity contribution is 7.07. The van der Waals surface area contributed by atoms with Crippen LogP contribution in [-0.2, 0) is 11.8 Å². The summed E-state index contributed by atoms with van der Waals surface area (Å²) in [5, 5.41) is 7.64. The monoisotopic (exact) mass is 261 g/mol. The summed E-state index contributed by atoms with van der Waals surface area (Å²) in [6, 6.07) is 4.08. The van der Waals surface area contributed by atoms with Gasteiger partial charge in [0.2, 0.25) is 0 Å². The summed E-state index contributed by atoms with van der Waals surface area (Å²) in [4.78, 5) is 8.86. The number of nitrogens with zero attached hydrogens (tertiary/aromatic N) is 2. The van der Waals surface area contributed by atoms with Crippen molar-refractivity contribution in [3.63, 3.8) is 0 Å². The van der Waals surface area contributed by atoms with Crippen molar-refractivity contribution in [2.24, 2.45) is 0 Å². The average molecular weight is 261 g/mol. The van der Waals surface area contributed by atoms with E-state index >= 15 is 0 Å². The van der Waals surface area contributed by atoms with Gasteiger partial charge in [0.15, 0.2) is 0 Å². The third-order valence-electron chi connectivity index (χ3n) is 2.63. The van der Waals surface area contributed by atoms with Gasteiger partial charge < -0.3 is 5.32 Å². The molecular formula is C14H19N3S. The van der Waals surface area contributed by atoms with E-state index in [4.69, 9.17) is 0 Å². The average Bonchev–Trinajstić information content (AvgIpc) is 2.81. The first-order valence-electron chi connectivity index (χ1n) is 6.14. The highest BCUT2D eigenvalue weighted by atomic mass is 32.1. The minimum atomic E-state index is -0.00888. The van der Waals surface area contributed by atoms with Crippen LogP contribution in [0.1, 0.15) is 32.2 Å². The molecule has 0 unspecified atom stereocenters. The first-order valence-corrected chi connectivity index (χ1v) is 7.08. The quantitative estimate of drug-likeness (QED) is 0.915. The fourth-order valence-electron chi connectivity index (χ4n) is 1.59. The molecule has 2 rings (SSSR count). The molecule has 0 aliphatic heterocycles. The van der Waals surface area contributed by atoms with Gasteiger partial charge in [0.25, 0.3) is 0 Å². The van der Waals surface area contributed by atoms with Crippen molar-refractivity contribution >= 4 is 17.2 Å². The Morgan fingerprint density at radius 1 is 1.28 bits per heavy atom. The summed E-state index contributed by atoms with van der Waals surface area (Å²) < 4.78 is 0. The van der Waals surface area contributed by atoms with E-state index in [0.717, 1.165) is 24.6 Å². The smallest absolute Gasteiger partial charge is 0.135 e. The summed E-state index contributed by atoms with van der Waals surface area (Å²) in [5.74, 6) is 1.79. The number of nitrogens with one attached hydrogen (secondary N) is 1. The molecule has 18 heavy (non-hydrogen) atoms. The summed E-state index contributed by atoms with van der Waals surface area (Å²) in [6.45, 7) is 7.27. The van der Waals surface area contributed by atoms with Crippen LogP contribution >= 0.6 is 11.3 Å².